The summed E-state index contributed by atoms with van der Waals surface area (Å²) >= 11 is 0. The molecule has 0 saturated carbocycles. The van der Waals surface area contributed by atoms with Gasteiger partial charge in [0.1, 0.15) is 12.4 Å². The van der Waals surface area contributed by atoms with Gasteiger partial charge in [0, 0.05) is 39.8 Å². The van der Waals surface area contributed by atoms with Crippen molar-refractivity contribution in [3.8, 4) is 5.75 Å². The van der Waals surface area contributed by atoms with E-state index in [1.54, 1.807) is 0 Å². The lowest BCUT2D eigenvalue weighted by Gasteiger charge is -2.27. The van der Waals surface area contributed by atoms with Crippen molar-refractivity contribution in [2.24, 2.45) is 0 Å². The van der Waals surface area contributed by atoms with Crippen LogP contribution < -0.4 is 10.1 Å². The molecule has 6 nitrogen and oxygen atoms in total. The molecular formula is C15H23N3O3. The van der Waals surface area contributed by atoms with Crippen LogP contribution in [0.1, 0.15) is 5.56 Å². The number of carbonyl (C=O) groups is 1. The zero-order chi connectivity index (χ0) is 15.1. The Morgan fingerprint density at radius 3 is 2.62 bits per heavy atom. The van der Waals surface area contributed by atoms with E-state index in [2.05, 4.69) is 22.3 Å². The minimum atomic E-state index is -0.940. The number of carboxylic acid groups (broad SMARTS) is 1. The Bertz CT molecular complexity index is 444. The highest BCUT2D eigenvalue weighted by atomic mass is 16.5. The molecule has 1 saturated heterocycles. The molecular weight excluding hydrogens is 270 g/mol. The van der Waals surface area contributed by atoms with Gasteiger partial charge in [0.15, 0.2) is 0 Å². The van der Waals surface area contributed by atoms with Crippen molar-refractivity contribution >= 4 is 6.09 Å². The number of benzene rings is 1. The normalized spacial score (nSPS) is 15.7. The SMILES string of the molecule is CN(CCOc1ccc(CN2CCNCC2)cc1)C(=O)O. The predicted molar refractivity (Wildman–Crippen MR) is 80.7 cm³/mol. The molecule has 2 N–H and O–H groups in total. The molecule has 116 valence electrons. The second-order valence-corrected chi connectivity index (χ2v) is 5.22. The van der Waals surface area contributed by atoms with Gasteiger partial charge in [-0.25, -0.2) is 4.79 Å². The minimum absolute atomic E-state index is 0.359. The number of hydrogen-bond acceptors (Lipinski definition) is 4. The van der Waals surface area contributed by atoms with E-state index in [0.29, 0.717) is 13.2 Å². The van der Waals surface area contributed by atoms with E-state index in [4.69, 9.17) is 9.84 Å². The van der Waals surface area contributed by atoms with Crippen LogP contribution in [-0.4, -0.2) is 67.4 Å². The van der Waals surface area contributed by atoms with Gasteiger partial charge in [0.2, 0.25) is 0 Å². The summed E-state index contributed by atoms with van der Waals surface area (Å²) in [7, 11) is 1.53. The van der Waals surface area contributed by atoms with Gasteiger partial charge < -0.3 is 20.1 Å². The Morgan fingerprint density at radius 2 is 2.00 bits per heavy atom. The molecule has 6 heteroatoms. The lowest BCUT2D eigenvalue weighted by molar-refractivity contribution is 0.147. The smallest absolute Gasteiger partial charge is 0.407 e. The Hall–Kier alpha value is -1.79. The number of piperazine rings is 1. The maximum absolute atomic E-state index is 10.6. The van der Waals surface area contributed by atoms with Crippen LogP contribution in [0.25, 0.3) is 0 Å². The van der Waals surface area contributed by atoms with Crippen LogP contribution in [0.15, 0.2) is 24.3 Å². The quantitative estimate of drug-likeness (QED) is 0.821. The monoisotopic (exact) mass is 293 g/mol. The predicted octanol–water partition coefficient (Wildman–Crippen LogP) is 1.08. The molecule has 1 fully saturated rings. The van der Waals surface area contributed by atoms with Crippen LogP contribution in [0.2, 0.25) is 0 Å². The van der Waals surface area contributed by atoms with E-state index in [-0.39, 0.29) is 0 Å². The highest BCUT2D eigenvalue weighted by molar-refractivity contribution is 5.64. The molecule has 0 aliphatic carbocycles. The first-order chi connectivity index (χ1) is 10.1. The first-order valence-corrected chi connectivity index (χ1v) is 7.24. The van der Waals surface area contributed by atoms with Gasteiger partial charge in [-0.1, -0.05) is 12.1 Å². The Morgan fingerprint density at radius 1 is 1.33 bits per heavy atom. The summed E-state index contributed by atoms with van der Waals surface area (Å²) in [6, 6.07) is 8.02. The van der Waals surface area contributed by atoms with Gasteiger partial charge in [-0.15, -0.1) is 0 Å². The Kier molecular flexibility index (Phi) is 5.83. The van der Waals surface area contributed by atoms with Crippen LogP contribution in [0.5, 0.6) is 5.75 Å². The molecule has 1 aliphatic rings. The molecule has 0 spiro atoms. The molecule has 2 rings (SSSR count). The number of rotatable bonds is 6. The summed E-state index contributed by atoms with van der Waals surface area (Å²) in [5.74, 6) is 0.776. The molecule has 0 atom stereocenters. The lowest BCUT2D eigenvalue weighted by Crippen LogP contribution is -2.42. The van der Waals surface area contributed by atoms with Gasteiger partial charge in [-0.2, -0.15) is 0 Å². The fraction of sp³-hybridized carbons (Fsp3) is 0.533. The first kappa shape index (κ1) is 15.6. The number of nitrogens with zero attached hydrogens (tertiary/aromatic N) is 2. The molecule has 1 aromatic rings. The fourth-order valence-corrected chi connectivity index (χ4v) is 2.21. The second kappa shape index (κ2) is 7.85. The lowest BCUT2D eigenvalue weighted by atomic mass is 10.2. The average molecular weight is 293 g/mol. The molecule has 0 bridgehead atoms. The maximum Gasteiger partial charge on any atom is 0.407 e. The first-order valence-electron chi connectivity index (χ1n) is 7.24. The van der Waals surface area contributed by atoms with Crippen LogP contribution in [0, 0.1) is 0 Å². The van der Waals surface area contributed by atoms with E-state index >= 15 is 0 Å². The van der Waals surface area contributed by atoms with Crippen LogP contribution in [0.3, 0.4) is 0 Å². The molecule has 0 unspecified atom stereocenters. The molecule has 1 amide bonds. The van der Waals surface area contributed by atoms with Crippen LogP contribution in [-0.2, 0) is 6.54 Å². The van der Waals surface area contributed by atoms with E-state index in [1.807, 2.05) is 12.1 Å². The van der Waals surface area contributed by atoms with Crippen LogP contribution >= 0.6 is 0 Å². The Balaban J connectivity index is 1.74. The number of amides is 1. The van der Waals surface area contributed by atoms with Crippen molar-refractivity contribution in [2.75, 3.05) is 46.4 Å². The largest absolute Gasteiger partial charge is 0.492 e. The Labute approximate surface area is 125 Å². The van der Waals surface area contributed by atoms with E-state index in [0.717, 1.165) is 38.5 Å². The minimum Gasteiger partial charge on any atom is -0.492 e. The van der Waals surface area contributed by atoms with Crippen molar-refractivity contribution in [1.82, 2.24) is 15.1 Å². The molecule has 1 aromatic carbocycles. The van der Waals surface area contributed by atoms with E-state index in [1.165, 1.54) is 17.5 Å². The summed E-state index contributed by atoms with van der Waals surface area (Å²) < 4.78 is 5.54. The molecule has 21 heavy (non-hydrogen) atoms. The van der Waals surface area contributed by atoms with Crippen molar-refractivity contribution in [1.29, 1.82) is 0 Å². The summed E-state index contributed by atoms with van der Waals surface area (Å²) in [6.45, 7) is 5.96. The zero-order valence-electron chi connectivity index (χ0n) is 12.4. The van der Waals surface area contributed by atoms with E-state index < -0.39 is 6.09 Å². The molecule has 1 heterocycles. The summed E-state index contributed by atoms with van der Waals surface area (Å²) in [6.07, 6.45) is -0.940. The number of likely N-dealkylation sites (N-methyl/N-ethyl adjacent to an activating group) is 1. The third-order valence-corrected chi connectivity index (χ3v) is 3.56. The summed E-state index contributed by atoms with van der Waals surface area (Å²) in [4.78, 5) is 14.3. The van der Waals surface area contributed by atoms with E-state index in [9.17, 15) is 4.79 Å². The van der Waals surface area contributed by atoms with Gasteiger partial charge in [0.25, 0.3) is 0 Å². The topological polar surface area (TPSA) is 65.0 Å². The van der Waals surface area contributed by atoms with Gasteiger partial charge >= 0.3 is 6.09 Å². The summed E-state index contributed by atoms with van der Waals surface area (Å²) in [5.41, 5.74) is 1.27. The summed E-state index contributed by atoms with van der Waals surface area (Å²) in [5, 5.41) is 12.1. The third-order valence-electron chi connectivity index (χ3n) is 3.56. The zero-order valence-corrected chi connectivity index (χ0v) is 12.4. The van der Waals surface area contributed by atoms with Crippen molar-refractivity contribution in [3.63, 3.8) is 0 Å². The molecule has 0 radical (unpaired) electrons. The maximum atomic E-state index is 10.6. The standard InChI is InChI=1S/C15H23N3O3/c1-17(15(19)20)10-11-21-14-4-2-13(3-5-14)12-18-8-6-16-7-9-18/h2-5,16H,6-12H2,1H3,(H,19,20). The third kappa shape index (κ3) is 5.24. The van der Waals surface area contributed by atoms with Crippen LogP contribution in [0.4, 0.5) is 4.79 Å². The fourth-order valence-electron chi connectivity index (χ4n) is 2.21. The van der Waals surface area contributed by atoms with Crippen molar-refractivity contribution < 1.29 is 14.6 Å². The second-order valence-electron chi connectivity index (χ2n) is 5.22. The molecule has 1 aliphatic heterocycles. The van der Waals surface area contributed by atoms with Gasteiger partial charge in [-0.3, -0.25) is 4.90 Å². The number of nitrogens with one attached hydrogen (secondary N) is 1. The number of hydrogen-bond donors (Lipinski definition) is 2. The van der Waals surface area contributed by atoms with Gasteiger partial charge in [-0.05, 0) is 17.7 Å². The average Bonchev–Trinajstić information content (AvgIpc) is 2.50. The van der Waals surface area contributed by atoms with Gasteiger partial charge in [0.05, 0.1) is 6.54 Å². The highest BCUT2D eigenvalue weighted by Crippen LogP contribution is 2.14. The van der Waals surface area contributed by atoms with Crippen molar-refractivity contribution in [3.05, 3.63) is 29.8 Å². The van der Waals surface area contributed by atoms with Crippen molar-refractivity contribution in [2.45, 2.75) is 6.54 Å². The molecule has 0 aromatic heterocycles. The number of ether oxygens (including phenoxy) is 1. The highest BCUT2D eigenvalue weighted by Gasteiger charge is 2.09.